The van der Waals surface area contributed by atoms with Gasteiger partial charge in [0.1, 0.15) is 5.75 Å². The van der Waals surface area contributed by atoms with Crippen molar-refractivity contribution in [3.8, 4) is 5.75 Å². The van der Waals surface area contributed by atoms with Crippen molar-refractivity contribution >= 4 is 11.6 Å². The maximum Gasteiger partial charge on any atom is 0.241 e. The van der Waals surface area contributed by atoms with Crippen LogP contribution in [0.2, 0.25) is 0 Å². The lowest BCUT2D eigenvalue weighted by Crippen LogP contribution is -2.32. The highest BCUT2D eigenvalue weighted by Crippen LogP contribution is 2.25. The Hall–Kier alpha value is -1.55. The smallest absolute Gasteiger partial charge is 0.241 e. The number of rotatable bonds is 4. The second kappa shape index (κ2) is 5.51. The van der Waals surface area contributed by atoms with Gasteiger partial charge in [0.05, 0.1) is 18.3 Å². The fourth-order valence-electron chi connectivity index (χ4n) is 1.25. The molecule has 0 aliphatic rings. The standard InChI is InChI=1S/C12H18N2O2/c1-4-16-11-7-8(2)5-6-10(11)14-12(15)9(3)13/h5-7,9H,4,13H2,1-3H3,(H,14,15)/t9-/m1/s1. The van der Waals surface area contributed by atoms with Crippen molar-refractivity contribution in [3.05, 3.63) is 23.8 Å². The molecule has 1 aromatic rings. The molecule has 4 heteroatoms. The number of benzene rings is 1. The molecule has 0 spiro atoms. The molecule has 0 saturated carbocycles. The summed E-state index contributed by atoms with van der Waals surface area (Å²) in [6.45, 7) is 6.08. The molecule has 1 amide bonds. The van der Waals surface area contributed by atoms with Crippen molar-refractivity contribution in [3.63, 3.8) is 0 Å². The fourth-order valence-corrected chi connectivity index (χ4v) is 1.25. The van der Waals surface area contributed by atoms with Crippen LogP contribution < -0.4 is 15.8 Å². The Morgan fingerprint density at radius 3 is 2.81 bits per heavy atom. The van der Waals surface area contributed by atoms with Gasteiger partial charge in [-0.2, -0.15) is 0 Å². The molecule has 3 N–H and O–H groups in total. The van der Waals surface area contributed by atoms with E-state index in [-0.39, 0.29) is 5.91 Å². The molecule has 0 fully saturated rings. The number of hydrogen-bond donors (Lipinski definition) is 2. The van der Waals surface area contributed by atoms with E-state index in [1.54, 1.807) is 6.92 Å². The van der Waals surface area contributed by atoms with Crippen LogP contribution in [0.5, 0.6) is 5.75 Å². The van der Waals surface area contributed by atoms with Crippen molar-refractivity contribution in [1.29, 1.82) is 0 Å². The van der Waals surface area contributed by atoms with Crippen molar-refractivity contribution in [1.82, 2.24) is 0 Å². The van der Waals surface area contributed by atoms with Gasteiger partial charge in [0.15, 0.2) is 0 Å². The maximum absolute atomic E-state index is 11.5. The highest BCUT2D eigenvalue weighted by Gasteiger charge is 2.11. The second-order valence-electron chi connectivity index (χ2n) is 3.71. The van der Waals surface area contributed by atoms with Crippen molar-refractivity contribution in [2.45, 2.75) is 26.8 Å². The van der Waals surface area contributed by atoms with E-state index in [0.717, 1.165) is 5.56 Å². The maximum atomic E-state index is 11.5. The van der Waals surface area contributed by atoms with Crippen molar-refractivity contribution in [2.24, 2.45) is 5.73 Å². The van der Waals surface area contributed by atoms with Gasteiger partial charge in [-0.1, -0.05) is 6.07 Å². The van der Waals surface area contributed by atoms with Gasteiger partial charge in [-0.15, -0.1) is 0 Å². The van der Waals surface area contributed by atoms with E-state index in [0.29, 0.717) is 18.0 Å². The van der Waals surface area contributed by atoms with Gasteiger partial charge >= 0.3 is 0 Å². The number of anilines is 1. The molecule has 0 aromatic heterocycles. The third-order valence-electron chi connectivity index (χ3n) is 2.11. The van der Waals surface area contributed by atoms with Crippen LogP contribution in [0.25, 0.3) is 0 Å². The first kappa shape index (κ1) is 12.5. The number of ether oxygens (including phenoxy) is 1. The molecule has 16 heavy (non-hydrogen) atoms. The molecule has 0 radical (unpaired) electrons. The molecule has 0 aliphatic carbocycles. The zero-order valence-corrected chi connectivity index (χ0v) is 9.91. The Morgan fingerprint density at radius 2 is 2.25 bits per heavy atom. The molecule has 0 bridgehead atoms. The van der Waals surface area contributed by atoms with E-state index in [1.165, 1.54) is 0 Å². The predicted octanol–water partition coefficient (Wildman–Crippen LogP) is 1.68. The molecule has 88 valence electrons. The summed E-state index contributed by atoms with van der Waals surface area (Å²) in [6, 6.07) is 5.09. The number of aryl methyl sites for hydroxylation is 1. The van der Waals surface area contributed by atoms with Crippen LogP contribution in [0, 0.1) is 6.92 Å². The topological polar surface area (TPSA) is 64.3 Å². The summed E-state index contributed by atoms with van der Waals surface area (Å²) < 4.78 is 5.44. The third kappa shape index (κ3) is 3.24. The van der Waals surface area contributed by atoms with Gasteiger partial charge in [-0.3, -0.25) is 4.79 Å². The first-order valence-electron chi connectivity index (χ1n) is 5.34. The van der Waals surface area contributed by atoms with Gasteiger partial charge in [0.2, 0.25) is 5.91 Å². The average Bonchev–Trinajstić information content (AvgIpc) is 2.22. The minimum atomic E-state index is -0.532. The van der Waals surface area contributed by atoms with E-state index < -0.39 is 6.04 Å². The summed E-state index contributed by atoms with van der Waals surface area (Å²) in [5.41, 5.74) is 7.23. The molecular weight excluding hydrogens is 204 g/mol. The van der Waals surface area contributed by atoms with Gasteiger partial charge in [-0.05, 0) is 38.5 Å². The first-order valence-corrected chi connectivity index (χ1v) is 5.34. The minimum absolute atomic E-state index is 0.218. The lowest BCUT2D eigenvalue weighted by atomic mass is 10.2. The van der Waals surface area contributed by atoms with Crippen LogP contribution in [-0.2, 0) is 4.79 Å². The quantitative estimate of drug-likeness (QED) is 0.814. The third-order valence-corrected chi connectivity index (χ3v) is 2.11. The van der Waals surface area contributed by atoms with Gasteiger partial charge in [0, 0.05) is 0 Å². The largest absolute Gasteiger partial charge is 0.492 e. The van der Waals surface area contributed by atoms with Crippen LogP contribution >= 0.6 is 0 Å². The fraction of sp³-hybridized carbons (Fsp3) is 0.417. The summed E-state index contributed by atoms with van der Waals surface area (Å²) in [5, 5.41) is 2.73. The van der Waals surface area contributed by atoms with Crippen LogP contribution in [0.15, 0.2) is 18.2 Å². The molecule has 0 unspecified atom stereocenters. The van der Waals surface area contributed by atoms with Crippen LogP contribution in [-0.4, -0.2) is 18.6 Å². The van der Waals surface area contributed by atoms with E-state index in [4.69, 9.17) is 10.5 Å². The number of nitrogens with one attached hydrogen (secondary N) is 1. The van der Waals surface area contributed by atoms with E-state index in [1.807, 2.05) is 32.0 Å². The zero-order valence-electron chi connectivity index (χ0n) is 9.91. The summed E-state index contributed by atoms with van der Waals surface area (Å²) in [4.78, 5) is 11.5. The molecule has 1 rings (SSSR count). The number of carbonyl (C=O) groups excluding carboxylic acids is 1. The molecule has 0 saturated heterocycles. The molecule has 0 aliphatic heterocycles. The Labute approximate surface area is 95.8 Å². The lowest BCUT2D eigenvalue weighted by molar-refractivity contribution is -0.117. The summed E-state index contributed by atoms with van der Waals surface area (Å²) in [6.07, 6.45) is 0. The minimum Gasteiger partial charge on any atom is -0.492 e. The van der Waals surface area contributed by atoms with Crippen LogP contribution in [0.1, 0.15) is 19.4 Å². The molecule has 0 heterocycles. The second-order valence-corrected chi connectivity index (χ2v) is 3.71. The Kier molecular flexibility index (Phi) is 4.31. The molecule has 1 atom stereocenters. The summed E-state index contributed by atoms with van der Waals surface area (Å²) in [7, 11) is 0. The Bertz CT molecular complexity index is 375. The highest BCUT2D eigenvalue weighted by molar-refractivity contribution is 5.95. The van der Waals surface area contributed by atoms with Crippen LogP contribution in [0.4, 0.5) is 5.69 Å². The van der Waals surface area contributed by atoms with Gasteiger partial charge in [0.25, 0.3) is 0 Å². The Morgan fingerprint density at radius 1 is 1.56 bits per heavy atom. The van der Waals surface area contributed by atoms with E-state index >= 15 is 0 Å². The highest BCUT2D eigenvalue weighted by atomic mass is 16.5. The molecular formula is C12H18N2O2. The van der Waals surface area contributed by atoms with Gasteiger partial charge < -0.3 is 15.8 Å². The van der Waals surface area contributed by atoms with Crippen molar-refractivity contribution in [2.75, 3.05) is 11.9 Å². The Balaban J connectivity index is 2.90. The predicted molar refractivity (Wildman–Crippen MR) is 64.6 cm³/mol. The SMILES string of the molecule is CCOc1cc(C)ccc1NC(=O)[C@@H](C)N. The van der Waals surface area contributed by atoms with E-state index in [9.17, 15) is 4.79 Å². The number of amides is 1. The van der Waals surface area contributed by atoms with Crippen LogP contribution in [0.3, 0.4) is 0 Å². The summed E-state index contributed by atoms with van der Waals surface area (Å²) in [5.74, 6) is 0.460. The lowest BCUT2D eigenvalue weighted by Gasteiger charge is -2.13. The number of nitrogens with two attached hydrogens (primary N) is 1. The normalized spacial score (nSPS) is 12.0. The summed E-state index contributed by atoms with van der Waals surface area (Å²) >= 11 is 0. The van der Waals surface area contributed by atoms with Crippen molar-refractivity contribution < 1.29 is 9.53 Å². The zero-order chi connectivity index (χ0) is 12.1. The number of carbonyl (C=O) groups is 1. The first-order chi connectivity index (χ1) is 7.54. The van der Waals surface area contributed by atoms with E-state index in [2.05, 4.69) is 5.32 Å². The number of hydrogen-bond acceptors (Lipinski definition) is 3. The molecule has 1 aromatic carbocycles. The monoisotopic (exact) mass is 222 g/mol. The average molecular weight is 222 g/mol. The van der Waals surface area contributed by atoms with Gasteiger partial charge in [-0.25, -0.2) is 0 Å². The molecule has 4 nitrogen and oxygen atoms in total.